The molecule has 1 rings (SSSR count). The van der Waals surface area contributed by atoms with Crippen LogP contribution in [0.25, 0.3) is 0 Å². The second-order valence-corrected chi connectivity index (χ2v) is 5.69. The van der Waals surface area contributed by atoms with Crippen molar-refractivity contribution in [3.05, 3.63) is 17.7 Å². The minimum Gasteiger partial charge on any atom is -0.493 e. The van der Waals surface area contributed by atoms with Gasteiger partial charge in [-0.2, -0.15) is 0 Å². The zero-order valence-electron chi connectivity index (χ0n) is 15.0. The van der Waals surface area contributed by atoms with E-state index in [-0.39, 0.29) is 11.8 Å². The van der Waals surface area contributed by atoms with Gasteiger partial charge in [-0.25, -0.2) is 0 Å². The molecule has 1 aromatic carbocycles. The first-order valence-corrected chi connectivity index (χ1v) is 7.90. The van der Waals surface area contributed by atoms with Crippen molar-refractivity contribution in [3.8, 4) is 11.5 Å². The molecule has 0 saturated heterocycles. The number of rotatable bonds is 8. The molecule has 0 fully saturated rings. The van der Waals surface area contributed by atoms with E-state index in [1.54, 1.807) is 12.1 Å². The minimum atomic E-state index is -0.438. The molecule has 0 heterocycles. The highest BCUT2D eigenvalue weighted by molar-refractivity contribution is 5.99. The molecule has 4 N–H and O–H groups in total. The number of carbonyl (C=O) groups is 2. The molecule has 0 bridgehead atoms. The van der Waals surface area contributed by atoms with Crippen LogP contribution in [0.1, 0.15) is 44.0 Å². The number of hydrogen-bond donors (Lipinski definition) is 3. The molecule has 0 unspecified atom stereocenters. The van der Waals surface area contributed by atoms with Gasteiger partial charge in [-0.05, 0) is 25.0 Å². The first-order chi connectivity index (χ1) is 11.3. The maximum absolute atomic E-state index is 12.5. The molecule has 0 atom stereocenters. The standard InChI is InChI=1S/C17H27N3O4/c1-6-17(18,7-2)10-19-16(22)12-8-13(20-11(3)21)15(24-5)14(9-12)23-4/h8-9H,6-7,10,18H2,1-5H3,(H,19,22)(H,20,21). The largest absolute Gasteiger partial charge is 0.493 e. The lowest BCUT2D eigenvalue weighted by atomic mass is 9.94. The molecule has 2 amide bonds. The predicted molar refractivity (Wildman–Crippen MR) is 93.7 cm³/mol. The minimum absolute atomic E-state index is 0.272. The molecule has 0 radical (unpaired) electrons. The summed E-state index contributed by atoms with van der Waals surface area (Å²) in [6.45, 7) is 5.72. The summed E-state index contributed by atoms with van der Waals surface area (Å²) in [5.41, 5.74) is 6.49. The number of amides is 2. The van der Waals surface area contributed by atoms with E-state index in [0.717, 1.165) is 12.8 Å². The number of methoxy groups -OCH3 is 2. The van der Waals surface area contributed by atoms with Crippen LogP contribution in [0.3, 0.4) is 0 Å². The van der Waals surface area contributed by atoms with E-state index >= 15 is 0 Å². The summed E-state index contributed by atoms with van der Waals surface area (Å²) < 4.78 is 10.5. The van der Waals surface area contributed by atoms with Gasteiger partial charge in [-0.1, -0.05) is 13.8 Å². The quantitative estimate of drug-likeness (QED) is 0.672. The SMILES string of the molecule is CCC(N)(CC)CNC(=O)c1cc(NC(C)=O)c(OC)c(OC)c1. The van der Waals surface area contributed by atoms with Gasteiger partial charge < -0.3 is 25.8 Å². The van der Waals surface area contributed by atoms with Crippen LogP contribution in [0.5, 0.6) is 11.5 Å². The molecule has 0 spiro atoms. The fourth-order valence-electron chi connectivity index (χ4n) is 2.24. The van der Waals surface area contributed by atoms with Gasteiger partial charge in [-0.3, -0.25) is 9.59 Å². The van der Waals surface area contributed by atoms with E-state index in [2.05, 4.69) is 10.6 Å². The first kappa shape index (κ1) is 19.8. The molecule has 0 aliphatic carbocycles. The highest BCUT2D eigenvalue weighted by atomic mass is 16.5. The van der Waals surface area contributed by atoms with Gasteiger partial charge in [0, 0.05) is 24.6 Å². The normalized spacial score (nSPS) is 10.9. The van der Waals surface area contributed by atoms with Crippen LogP contribution >= 0.6 is 0 Å². The Morgan fingerprint density at radius 1 is 1.17 bits per heavy atom. The Labute approximate surface area is 142 Å². The topological polar surface area (TPSA) is 103 Å². The van der Waals surface area contributed by atoms with Crippen LogP contribution in [0.2, 0.25) is 0 Å². The lowest BCUT2D eigenvalue weighted by Crippen LogP contribution is -2.49. The first-order valence-electron chi connectivity index (χ1n) is 7.90. The summed E-state index contributed by atoms with van der Waals surface area (Å²) in [6, 6.07) is 3.11. The number of ether oxygens (including phenoxy) is 2. The number of carbonyl (C=O) groups excluding carboxylic acids is 2. The molecule has 7 heteroatoms. The van der Waals surface area contributed by atoms with Crippen LogP contribution in [0.15, 0.2) is 12.1 Å². The Balaban J connectivity index is 3.10. The van der Waals surface area contributed by atoms with Gasteiger partial charge in [0.2, 0.25) is 5.91 Å². The second kappa shape index (κ2) is 8.54. The number of nitrogens with one attached hydrogen (secondary N) is 2. The Kier molecular flexibility index (Phi) is 7.03. The van der Waals surface area contributed by atoms with Gasteiger partial charge in [-0.15, -0.1) is 0 Å². The van der Waals surface area contributed by atoms with E-state index in [0.29, 0.717) is 29.3 Å². The smallest absolute Gasteiger partial charge is 0.251 e. The number of nitrogens with two attached hydrogens (primary N) is 1. The lowest BCUT2D eigenvalue weighted by Gasteiger charge is -2.27. The monoisotopic (exact) mass is 337 g/mol. The van der Waals surface area contributed by atoms with Crippen molar-refractivity contribution in [2.75, 3.05) is 26.1 Å². The third-order valence-electron chi connectivity index (χ3n) is 4.06. The third kappa shape index (κ3) is 4.86. The van der Waals surface area contributed by atoms with Crippen molar-refractivity contribution in [2.24, 2.45) is 5.73 Å². The summed E-state index contributed by atoms with van der Waals surface area (Å²) in [4.78, 5) is 23.8. The Bertz CT molecular complexity index is 598. The number of anilines is 1. The summed E-state index contributed by atoms with van der Waals surface area (Å²) in [7, 11) is 2.93. The fourth-order valence-corrected chi connectivity index (χ4v) is 2.24. The number of hydrogen-bond acceptors (Lipinski definition) is 5. The summed E-state index contributed by atoms with van der Waals surface area (Å²) in [6.07, 6.45) is 1.51. The maximum Gasteiger partial charge on any atom is 0.251 e. The summed E-state index contributed by atoms with van der Waals surface area (Å²) in [5.74, 6) is 0.156. The Morgan fingerprint density at radius 3 is 2.25 bits per heavy atom. The van der Waals surface area contributed by atoms with Gasteiger partial charge in [0.15, 0.2) is 11.5 Å². The Hall–Kier alpha value is -2.28. The van der Waals surface area contributed by atoms with Gasteiger partial charge >= 0.3 is 0 Å². The van der Waals surface area contributed by atoms with Gasteiger partial charge in [0.05, 0.1) is 19.9 Å². The van der Waals surface area contributed by atoms with E-state index < -0.39 is 5.54 Å². The van der Waals surface area contributed by atoms with E-state index in [9.17, 15) is 9.59 Å². The van der Waals surface area contributed by atoms with Crippen molar-refractivity contribution >= 4 is 17.5 Å². The average Bonchev–Trinajstić information content (AvgIpc) is 2.57. The zero-order chi connectivity index (χ0) is 18.3. The molecular formula is C17H27N3O4. The molecular weight excluding hydrogens is 310 g/mol. The van der Waals surface area contributed by atoms with Crippen LogP contribution in [0.4, 0.5) is 5.69 Å². The zero-order valence-corrected chi connectivity index (χ0v) is 15.0. The molecule has 7 nitrogen and oxygen atoms in total. The molecule has 24 heavy (non-hydrogen) atoms. The van der Waals surface area contributed by atoms with Crippen molar-refractivity contribution in [2.45, 2.75) is 39.2 Å². The highest BCUT2D eigenvalue weighted by Gasteiger charge is 2.22. The predicted octanol–water partition coefficient (Wildman–Crippen LogP) is 1.91. The van der Waals surface area contributed by atoms with E-state index in [1.165, 1.54) is 21.1 Å². The molecule has 0 saturated carbocycles. The Morgan fingerprint density at radius 2 is 1.79 bits per heavy atom. The van der Waals surface area contributed by atoms with Crippen molar-refractivity contribution < 1.29 is 19.1 Å². The van der Waals surface area contributed by atoms with Crippen molar-refractivity contribution in [1.82, 2.24) is 5.32 Å². The van der Waals surface area contributed by atoms with Crippen LogP contribution in [-0.2, 0) is 4.79 Å². The van der Waals surface area contributed by atoms with Crippen molar-refractivity contribution in [3.63, 3.8) is 0 Å². The molecule has 0 aromatic heterocycles. The van der Waals surface area contributed by atoms with Crippen molar-refractivity contribution in [1.29, 1.82) is 0 Å². The molecule has 0 aliphatic rings. The van der Waals surface area contributed by atoms with Crippen LogP contribution < -0.4 is 25.8 Å². The third-order valence-corrected chi connectivity index (χ3v) is 4.06. The molecule has 0 aliphatic heterocycles. The van der Waals surface area contributed by atoms with Gasteiger partial charge in [0.25, 0.3) is 5.91 Å². The number of benzene rings is 1. The molecule has 1 aromatic rings. The van der Waals surface area contributed by atoms with Crippen LogP contribution in [-0.4, -0.2) is 38.1 Å². The molecule has 134 valence electrons. The fraction of sp³-hybridized carbons (Fsp3) is 0.529. The highest BCUT2D eigenvalue weighted by Crippen LogP contribution is 2.36. The second-order valence-electron chi connectivity index (χ2n) is 5.69. The maximum atomic E-state index is 12.5. The van der Waals surface area contributed by atoms with Gasteiger partial charge in [0.1, 0.15) is 0 Å². The lowest BCUT2D eigenvalue weighted by molar-refractivity contribution is -0.114. The summed E-state index contributed by atoms with van der Waals surface area (Å²) >= 11 is 0. The van der Waals surface area contributed by atoms with E-state index in [4.69, 9.17) is 15.2 Å². The average molecular weight is 337 g/mol. The van der Waals surface area contributed by atoms with Crippen LogP contribution in [0, 0.1) is 0 Å². The summed E-state index contributed by atoms with van der Waals surface area (Å²) in [5, 5.41) is 5.48. The van der Waals surface area contributed by atoms with E-state index in [1.807, 2.05) is 13.8 Å².